The zero-order valence-electron chi connectivity index (χ0n) is 15.6. The van der Waals surface area contributed by atoms with E-state index < -0.39 is 0 Å². The maximum atomic E-state index is 5.83. The number of imidazole rings is 1. The minimum Gasteiger partial charge on any atom is -0.493 e. The highest BCUT2D eigenvalue weighted by Crippen LogP contribution is 2.27. The molecule has 0 atom stereocenters. The third-order valence-corrected chi connectivity index (χ3v) is 4.42. The number of nitrogen functional groups attached to an aromatic ring is 1. The minimum atomic E-state index is 0.673. The standard InChI is InChI=1S/C22H20N4O2/c1-27-20-10-3-14(11-21(20)28-2)13-24-17-7-4-15(5-8-17)22-25-18-9-6-16(23)12-19(18)26-22/h3-13H,23H2,1-2H3,(H,25,26). The molecule has 6 heteroatoms. The number of benzene rings is 3. The lowest BCUT2D eigenvalue weighted by atomic mass is 10.2. The fraction of sp³-hybridized carbons (Fsp3) is 0.0909. The normalized spacial score (nSPS) is 11.2. The predicted octanol–water partition coefficient (Wildman–Crippen LogP) is 4.58. The lowest BCUT2D eigenvalue weighted by Gasteiger charge is -2.07. The fourth-order valence-electron chi connectivity index (χ4n) is 2.95. The van der Waals surface area contributed by atoms with Crippen LogP contribution >= 0.6 is 0 Å². The predicted molar refractivity (Wildman–Crippen MR) is 113 cm³/mol. The lowest BCUT2D eigenvalue weighted by molar-refractivity contribution is 0.355. The molecule has 3 N–H and O–H groups in total. The summed E-state index contributed by atoms with van der Waals surface area (Å²) in [6.07, 6.45) is 1.79. The summed E-state index contributed by atoms with van der Waals surface area (Å²) in [5.41, 5.74) is 11.1. The fourth-order valence-corrected chi connectivity index (χ4v) is 2.95. The van der Waals surface area contributed by atoms with Gasteiger partial charge in [-0.2, -0.15) is 0 Å². The van der Waals surface area contributed by atoms with Crippen molar-refractivity contribution in [1.82, 2.24) is 9.97 Å². The first kappa shape index (κ1) is 17.6. The summed E-state index contributed by atoms with van der Waals surface area (Å²) in [5.74, 6) is 2.17. The van der Waals surface area contributed by atoms with Gasteiger partial charge >= 0.3 is 0 Å². The van der Waals surface area contributed by atoms with Gasteiger partial charge in [0.05, 0.1) is 30.9 Å². The van der Waals surface area contributed by atoms with Crippen LogP contribution < -0.4 is 15.2 Å². The van der Waals surface area contributed by atoms with E-state index in [-0.39, 0.29) is 0 Å². The number of aromatic nitrogens is 2. The molecule has 3 aromatic carbocycles. The van der Waals surface area contributed by atoms with Gasteiger partial charge in [-0.15, -0.1) is 0 Å². The van der Waals surface area contributed by atoms with Crippen molar-refractivity contribution < 1.29 is 9.47 Å². The summed E-state index contributed by atoms with van der Waals surface area (Å²) in [4.78, 5) is 12.4. The van der Waals surface area contributed by atoms with Crippen LogP contribution in [0.15, 0.2) is 65.7 Å². The molecule has 140 valence electrons. The van der Waals surface area contributed by atoms with E-state index in [2.05, 4.69) is 15.0 Å². The van der Waals surface area contributed by atoms with Crippen LogP contribution in [-0.4, -0.2) is 30.4 Å². The third kappa shape index (κ3) is 3.53. The molecule has 4 rings (SSSR count). The van der Waals surface area contributed by atoms with Gasteiger partial charge in [-0.3, -0.25) is 4.99 Å². The van der Waals surface area contributed by atoms with Gasteiger partial charge in [-0.25, -0.2) is 4.98 Å². The van der Waals surface area contributed by atoms with E-state index in [1.807, 2.05) is 60.7 Å². The van der Waals surface area contributed by atoms with E-state index in [4.69, 9.17) is 15.2 Å². The van der Waals surface area contributed by atoms with Crippen LogP contribution in [0.2, 0.25) is 0 Å². The molecule has 28 heavy (non-hydrogen) atoms. The first-order valence-corrected chi connectivity index (χ1v) is 8.78. The highest BCUT2D eigenvalue weighted by molar-refractivity contribution is 5.84. The van der Waals surface area contributed by atoms with Crippen molar-refractivity contribution in [3.63, 3.8) is 0 Å². The average molecular weight is 372 g/mol. The van der Waals surface area contributed by atoms with Crippen molar-refractivity contribution in [2.45, 2.75) is 0 Å². The molecule has 0 amide bonds. The minimum absolute atomic E-state index is 0.673. The smallest absolute Gasteiger partial charge is 0.161 e. The van der Waals surface area contributed by atoms with Gasteiger partial charge < -0.3 is 20.2 Å². The Morgan fingerprint density at radius 3 is 2.46 bits per heavy atom. The van der Waals surface area contributed by atoms with Crippen LogP contribution in [-0.2, 0) is 0 Å². The highest BCUT2D eigenvalue weighted by Gasteiger charge is 2.06. The Kier molecular flexibility index (Phi) is 4.68. The number of ether oxygens (including phenoxy) is 2. The van der Waals surface area contributed by atoms with Crippen LogP contribution in [0, 0.1) is 0 Å². The van der Waals surface area contributed by atoms with Crippen LogP contribution in [0.1, 0.15) is 5.56 Å². The van der Waals surface area contributed by atoms with Crippen molar-refractivity contribution >= 4 is 28.6 Å². The number of aliphatic imine (C=N–C) groups is 1. The van der Waals surface area contributed by atoms with Crippen molar-refractivity contribution in [2.75, 3.05) is 20.0 Å². The van der Waals surface area contributed by atoms with Gasteiger partial charge in [0.1, 0.15) is 5.82 Å². The lowest BCUT2D eigenvalue weighted by Crippen LogP contribution is -1.91. The van der Waals surface area contributed by atoms with Gasteiger partial charge in [0.15, 0.2) is 11.5 Å². The van der Waals surface area contributed by atoms with Crippen molar-refractivity contribution in [3.8, 4) is 22.9 Å². The summed E-state index contributed by atoms with van der Waals surface area (Å²) >= 11 is 0. The van der Waals surface area contributed by atoms with Gasteiger partial charge in [-0.1, -0.05) is 0 Å². The molecule has 0 unspecified atom stereocenters. The summed E-state index contributed by atoms with van der Waals surface area (Å²) in [5, 5.41) is 0. The quantitative estimate of drug-likeness (QED) is 0.397. The number of nitrogens with zero attached hydrogens (tertiary/aromatic N) is 2. The molecule has 0 fully saturated rings. The second kappa shape index (κ2) is 7.44. The Morgan fingerprint density at radius 2 is 1.71 bits per heavy atom. The van der Waals surface area contributed by atoms with E-state index in [0.29, 0.717) is 17.2 Å². The summed E-state index contributed by atoms with van der Waals surface area (Å²) in [6, 6.07) is 19.2. The Labute approximate surface area is 162 Å². The number of nitrogens with two attached hydrogens (primary N) is 1. The number of hydrogen-bond donors (Lipinski definition) is 2. The molecule has 0 spiro atoms. The molecular formula is C22H20N4O2. The number of H-pyrrole nitrogens is 1. The van der Waals surface area contributed by atoms with E-state index in [1.165, 1.54) is 0 Å². The molecule has 0 aliphatic rings. The molecule has 1 aromatic heterocycles. The van der Waals surface area contributed by atoms with Crippen molar-refractivity contribution in [3.05, 3.63) is 66.2 Å². The van der Waals surface area contributed by atoms with E-state index >= 15 is 0 Å². The molecule has 4 aromatic rings. The molecule has 1 heterocycles. The van der Waals surface area contributed by atoms with Gasteiger partial charge in [0.2, 0.25) is 0 Å². The van der Waals surface area contributed by atoms with Crippen LogP contribution in [0.3, 0.4) is 0 Å². The Hall–Kier alpha value is -3.80. The number of rotatable bonds is 5. The number of fused-ring (bicyclic) bond motifs is 1. The molecule has 0 bridgehead atoms. The number of methoxy groups -OCH3 is 2. The van der Waals surface area contributed by atoms with Crippen molar-refractivity contribution in [1.29, 1.82) is 0 Å². The van der Waals surface area contributed by atoms with Gasteiger partial charge in [0, 0.05) is 17.5 Å². The first-order chi connectivity index (χ1) is 13.7. The molecule has 0 radical (unpaired) electrons. The summed E-state index contributed by atoms with van der Waals surface area (Å²) < 4.78 is 10.6. The summed E-state index contributed by atoms with van der Waals surface area (Å²) in [6.45, 7) is 0. The summed E-state index contributed by atoms with van der Waals surface area (Å²) in [7, 11) is 3.23. The first-order valence-electron chi connectivity index (χ1n) is 8.78. The molecule has 0 saturated carbocycles. The molecule has 0 aliphatic heterocycles. The average Bonchev–Trinajstić information content (AvgIpc) is 3.15. The Bertz CT molecular complexity index is 1150. The van der Waals surface area contributed by atoms with E-state index in [1.54, 1.807) is 20.4 Å². The second-order valence-electron chi connectivity index (χ2n) is 6.28. The zero-order chi connectivity index (χ0) is 19.5. The molecular weight excluding hydrogens is 352 g/mol. The van der Waals surface area contributed by atoms with E-state index in [9.17, 15) is 0 Å². The van der Waals surface area contributed by atoms with Crippen LogP contribution in [0.5, 0.6) is 11.5 Å². The van der Waals surface area contributed by atoms with Gasteiger partial charge in [0.25, 0.3) is 0 Å². The van der Waals surface area contributed by atoms with Crippen LogP contribution in [0.4, 0.5) is 11.4 Å². The molecule has 6 nitrogen and oxygen atoms in total. The number of nitrogens with one attached hydrogen (secondary N) is 1. The molecule has 0 saturated heterocycles. The van der Waals surface area contributed by atoms with E-state index in [0.717, 1.165) is 33.7 Å². The highest BCUT2D eigenvalue weighted by atomic mass is 16.5. The maximum absolute atomic E-state index is 5.83. The van der Waals surface area contributed by atoms with Gasteiger partial charge in [-0.05, 0) is 66.2 Å². The third-order valence-electron chi connectivity index (χ3n) is 4.42. The monoisotopic (exact) mass is 372 g/mol. The van der Waals surface area contributed by atoms with Crippen LogP contribution in [0.25, 0.3) is 22.4 Å². The van der Waals surface area contributed by atoms with Crippen molar-refractivity contribution in [2.24, 2.45) is 4.99 Å². The Balaban J connectivity index is 1.55. The molecule has 0 aliphatic carbocycles. The Morgan fingerprint density at radius 1 is 0.929 bits per heavy atom. The zero-order valence-corrected chi connectivity index (χ0v) is 15.6. The second-order valence-corrected chi connectivity index (χ2v) is 6.28. The topological polar surface area (TPSA) is 85.5 Å². The SMILES string of the molecule is COc1ccc(C=Nc2ccc(-c3nc4ccc(N)cc4[nH]3)cc2)cc1OC. The number of hydrogen-bond acceptors (Lipinski definition) is 5. The number of aromatic amines is 1. The maximum Gasteiger partial charge on any atom is 0.161 e. The number of anilines is 1. The largest absolute Gasteiger partial charge is 0.493 e.